The summed E-state index contributed by atoms with van der Waals surface area (Å²) < 4.78 is 31.1. The monoisotopic (exact) mass is 295 g/mol. The number of nitrogens with two attached hydrogens (primary N) is 1. The molecule has 0 aliphatic heterocycles. The maximum absolute atomic E-state index is 12.5. The van der Waals surface area contributed by atoms with E-state index in [2.05, 4.69) is 5.16 Å². The molecule has 0 saturated heterocycles. The lowest BCUT2D eigenvalue weighted by Crippen LogP contribution is -2.27. The van der Waals surface area contributed by atoms with Gasteiger partial charge in [-0.15, -0.1) is 0 Å². The lowest BCUT2D eigenvalue weighted by Gasteiger charge is -2.17. The van der Waals surface area contributed by atoms with Crippen molar-refractivity contribution in [1.29, 1.82) is 0 Å². The third-order valence-corrected chi connectivity index (χ3v) is 4.79. The molecule has 0 aliphatic carbocycles. The SMILES string of the molecule is Cc1ccc(S(=O)(=O)N(C)Cc2cc(C)on2)c(N)c1. The molecule has 0 aliphatic rings. The Kier molecular flexibility index (Phi) is 3.82. The highest BCUT2D eigenvalue weighted by atomic mass is 32.2. The maximum atomic E-state index is 12.5. The molecule has 0 spiro atoms. The summed E-state index contributed by atoms with van der Waals surface area (Å²) in [6.07, 6.45) is 0. The van der Waals surface area contributed by atoms with Crippen LogP contribution in [0.25, 0.3) is 0 Å². The number of hydrogen-bond acceptors (Lipinski definition) is 5. The number of nitrogens with zero attached hydrogens (tertiary/aromatic N) is 2. The van der Waals surface area contributed by atoms with E-state index in [9.17, 15) is 8.42 Å². The summed E-state index contributed by atoms with van der Waals surface area (Å²) in [4.78, 5) is 0.103. The van der Waals surface area contributed by atoms with Crippen molar-refractivity contribution < 1.29 is 12.9 Å². The van der Waals surface area contributed by atoms with E-state index in [1.54, 1.807) is 25.1 Å². The lowest BCUT2D eigenvalue weighted by molar-refractivity contribution is 0.378. The van der Waals surface area contributed by atoms with E-state index in [1.807, 2.05) is 6.92 Å². The molecule has 2 N–H and O–H groups in total. The molecule has 0 radical (unpaired) electrons. The Labute approximate surface area is 118 Å². The molecule has 20 heavy (non-hydrogen) atoms. The van der Waals surface area contributed by atoms with E-state index in [0.717, 1.165) is 5.56 Å². The number of hydrogen-bond donors (Lipinski definition) is 1. The summed E-state index contributed by atoms with van der Waals surface area (Å²) in [7, 11) is -2.16. The summed E-state index contributed by atoms with van der Waals surface area (Å²) in [6, 6.07) is 6.58. The van der Waals surface area contributed by atoms with Crippen LogP contribution in [0.3, 0.4) is 0 Å². The van der Waals surface area contributed by atoms with Gasteiger partial charge in [-0.1, -0.05) is 11.2 Å². The topological polar surface area (TPSA) is 89.4 Å². The second-order valence-corrected chi connectivity index (χ2v) is 6.74. The molecule has 2 aromatic rings. The average molecular weight is 295 g/mol. The first-order chi connectivity index (χ1) is 9.30. The fourth-order valence-electron chi connectivity index (χ4n) is 1.88. The van der Waals surface area contributed by atoms with Crippen molar-refractivity contribution in [2.24, 2.45) is 0 Å². The largest absolute Gasteiger partial charge is 0.398 e. The number of anilines is 1. The predicted octanol–water partition coefficient (Wildman–Crippen LogP) is 1.69. The molecule has 1 aromatic heterocycles. The number of nitrogen functional groups attached to an aromatic ring is 1. The van der Waals surface area contributed by atoms with E-state index < -0.39 is 10.0 Å². The summed E-state index contributed by atoms with van der Waals surface area (Å²) >= 11 is 0. The molecule has 0 bridgehead atoms. The Balaban J connectivity index is 2.29. The molecule has 7 heteroatoms. The van der Waals surface area contributed by atoms with Gasteiger partial charge in [0, 0.05) is 13.1 Å². The minimum Gasteiger partial charge on any atom is -0.398 e. The Morgan fingerprint density at radius 2 is 2.00 bits per heavy atom. The second-order valence-electron chi connectivity index (χ2n) is 4.73. The zero-order valence-electron chi connectivity index (χ0n) is 11.6. The van der Waals surface area contributed by atoms with Gasteiger partial charge in [0.1, 0.15) is 10.7 Å². The first kappa shape index (κ1) is 14.5. The van der Waals surface area contributed by atoms with Gasteiger partial charge in [-0.3, -0.25) is 0 Å². The van der Waals surface area contributed by atoms with E-state index in [4.69, 9.17) is 10.3 Å². The quantitative estimate of drug-likeness (QED) is 0.867. The summed E-state index contributed by atoms with van der Waals surface area (Å²) in [5.41, 5.74) is 7.51. The number of benzene rings is 1. The van der Waals surface area contributed by atoms with Gasteiger partial charge in [-0.25, -0.2) is 8.42 Å². The van der Waals surface area contributed by atoms with E-state index in [-0.39, 0.29) is 17.1 Å². The molecule has 6 nitrogen and oxygen atoms in total. The van der Waals surface area contributed by atoms with Crippen LogP contribution in [0.2, 0.25) is 0 Å². The van der Waals surface area contributed by atoms with Gasteiger partial charge in [0.25, 0.3) is 0 Å². The highest BCUT2D eigenvalue weighted by molar-refractivity contribution is 7.89. The van der Waals surface area contributed by atoms with Crippen molar-refractivity contribution in [1.82, 2.24) is 9.46 Å². The first-order valence-corrected chi connectivity index (χ1v) is 7.49. The van der Waals surface area contributed by atoms with Crippen LogP contribution in [0.4, 0.5) is 5.69 Å². The molecule has 1 aromatic carbocycles. The molecule has 0 saturated carbocycles. The number of aromatic nitrogens is 1. The minimum absolute atomic E-state index is 0.103. The van der Waals surface area contributed by atoms with E-state index in [1.165, 1.54) is 17.4 Å². The molecular weight excluding hydrogens is 278 g/mol. The van der Waals surface area contributed by atoms with Gasteiger partial charge in [0.2, 0.25) is 10.0 Å². The van der Waals surface area contributed by atoms with Crippen molar-refractivity contribution in [2.75, 3.05) is 12.8 Å². The zero-order valence-corrected chi connectivity index (χ0v) is 12.4. The van der Waals surface area contributed by atoms with Crippen molar-refractivity contribution in [3.8, 4) is 0 Å². The van der Waals surface area contributed by atoms with Crippen LogP contribution in [0.15, 0.2) is 33.7 Å². The molecule has 0 amide bonds. The van der Waals surface area contributed by atoms with Gasteiger partial charge in [0.15, 0.2) is 0 Å². The summed E-state index contributed by atoms with van der Waals surface area (Å²) in [5.74, 6) is 0.639. The number of sulfonamides is 1. The Morgan fingerprint density at radius 1 is 1.30 bits per heavy atom. The highest BCUT2D eigenvalue weighted by Crippen LogP contribution is 2.23. The van der Waals surface area contributed by atoms with Gasteiger partial charge in [-0.2, -0.15) is 4.31 Å². The number of rotatable bonds is 4. The van der Waals surface area contributed by atoms with Crippen molar-refractivity contribution in [2.45, 2.75) is 25.3 Å². The molecule has 0 unspecified atom stereocenters. The highest BCUT2D eigenvalue weighted by Gasteiger charge is 2.24. The van der Waals surface area contributed by atoms with Crippen LogP contribution in [0.1, 0.15) is 17.0 Å². The van der Waals surface area contributed by atoms with Crippen LogP contribution in [0.5, 0.6) is 0 Å². The number of aryl methyl sites for hydroxylation is 2. The fraction of sp³-hybridized carbons (Fsp3) is 0.308. The van der Waals surface area contributed by atoms with Crippen LogP contribution >= 0.6 is 0 Å². The molecule has 1 heterocycles. The second kappa shape index (κ2) is 5.26. The van der Waals surface area contributed by atoms with Crippen molar-refractivity contribution in [3.05, 3.63) is 41.3 Å². The van der Waals surface area contributed by atoms with Gasteiger partial charge in [-0.05, 0) is 31.5 Å². The third kappa shape index (κ3) is 2.83. The Bertz CT molecular complexity index is 722. The first-order valence-electron chi connectivity index (χ1n) is 6.05. The predicted molar refractivity (Wildman–Crippen MR) is 75.5 cm³/mol. The smallest absolute Gasteiger partial charge is 0.245 e. The summed E-state index contributed by atoms with van der Waals surface area (Å²) in [5, 5.41) is 3.79. The Morgan fingerprint density at radius 3 is 2.55 bits per heavy atom. The standard InChI is InChI=1S/C13H17N3O3S/c1-9-4-5-13(12(14)6-9)20(17,18)16(3)8-11-7-10(2)19-15-11/h4-7H,8,14H2,1-3H3. The minimum atomic E-state index is -3.65. The molecule has 0 fully saturated rings. The van der Waals surface area contributed by atoms with Gasteiger partial charge < -0.3 is 10.3 Å². The maximum Gasteiger partial charge on any atom is 0.245 e. The van der Waals surface area contributed by atoms with Gasteiger partial charge >= 0.3 is 0 Å². The summed E-state index contributed by atoms with van der Waals surface area (Å²) in [6.45, 7) is 3.74. The van der Waals surface area contributed by atoms with E-state index >= 15 is 0 Å². The third-order valence-electron chi connectivity index (χ3n) is 2.91. The van der Waals surface area contributed by atoms with Crippen LogP contribution in [0, 0.1) is 13.8 Å². The molecular formula is C13H17N3O3S. The van der Waals surface area contributed by atoms with Crippen LogP contribution in [-0.2, 0) is 16.6 Å². The average Bonchev–Trinajstić information content (AvgIpc) is 2.74. The van der Waals surface area contributed by atoms with Crippen LogP contribution in [-0.4, -0.2) is 24.9 Å². The molecule has 0 atom stereocenters. The lowest BCUT2D eigenvalue weighted by atomic mass is 10.2. The molecule has 108 valence electrons. The Hall–Kier alpha value is -1.86. The van der Waals surface area contributed by atoms with Crippen LogP contribution < -0.4 is 5.73 Å². The van der Waals surface area contributed by atoms with Crippen molar-refractivity contribution in [3.63, 3.8) is 0 Å². The van der Waals surface area contributed by atoms with Gasteiger partial charge in [0.05, 0.1) is 17.9 Å². The zero-order chi connectivity index (χ0) is 14.9. The fourth-order valence-corrected chi connectivity index (χ4v) is 3.11. The van der Waals surface area contributed by atoms with Crippen molar-refractivity contribution >= 4 is 15.7 Å². The van der Waals surface area contributed by atoms with E-state index in [0.29, 0.717) is 11.5 Å². The normalized spacial score (nSPS) is 12.0. The molecule has 2 rings (SSSR count).